The quantitative estimate of drug-likeness (QED) is 0.868. The molecule has 1 saturated heterocycles. The number of rotatable bonds is 3. The Labute approximate surface area is 155 Å². The summed E-state index contributed by atoms with van der Waals surface area (Å²) in [5.74, 6) is -1.30. The average Bonchev–Trinajstić information content (AvgIpc) is 2.99. The van der Waals surface area contributed by atoms with Gasteiger partial charge in [0, 0.05) is 24.3 Å². The van der Waals surface area contributed by atoms with Crippen LogP contribution in [0.5, 0.6) is 0 Å². The van der Waals surface area contributed by atoms with Crippen LogP contribution in [0, 0.1) is 19.8 Å². The van der Waals surface area contributed by atoms with E-state index < -0.39 is 17.7 Å². The van der Waals surface area contributed by atoms with Crippen LogP contribution in [-0.4, -0.2) is 18.4 Å². The molecule has 1 heterocycles. The van der Waals surface area contributed by atoms with Crippen LogP contribution in [0.2, 0.25) is 0 Å². The fourth-order valence-corrected chi connectivity index (χ4v) is 3.09. The Morgan fingerprint density at radius 3 is 2.59 bits per heavy atom. The second kappa shape index (κ2) is 7.06. The van der Waals surface area contributed by atoms with E-state index in [1.54, 1.807) is 0 Å². The molecule has 27 heavy (non-hydrogen) atoms. The molecule has 2 aromatic carbocycles. The highest BCUT2D eigenvalue weighted by atomic mass is 19.4. The highest BCUT2D eigenvalue weighted by Crippen LogP contribution is 2.33. The van der Waals surface area contributed by atoms with Gasteiger partial charge in [-0.1, -0.05) is 18.2 Å². The van der Waals surface area contributed by atoms with Crippen molar-refractivity contribution in [3.8, 4) is 0 Å². The van der Waals surface area contributed by atoms with Crippen LogP contribution in [-0.2, 0) is 15.8 Å². The second-order valence-electron chi connectivity index (χ2n) is 6.76. The van der Waals surface area contributed by atoms with Crippen molar-refractivity contribution in [1.29, 1.82) is 0 Å². The van der Waals surface area contributed by atoms with Crippen LogP contribution in [0.4, 0.5) is 24.5 Å². The van der Waals surface area contributed by atoms with Crippen LogP contribution in [0.15, 0.2) is 42.5 Å². The summed E-state index contributed by atoms with van der Waals surface area (Å²) in [6, 6.07) is 10.2. The molecule has 142 valence electrons. The Morgan fingerprint density at radius 1 is 1.15 bits per heavy atom. The zero-order valence-electron chi connectivity index (χ0n) is 14.9. The highest BCUT2D eigenvalue weighted by molar-refractivity contribution is 6.03. The summed E-state index contributed by atoms with van der Waals surface area (Å²) in [7, 11) is 0. The minimum atomic E-state index is -4.49. The standard InChI is InChI=1S/C20H19F3N2O2/c1-12-6-7-13(2)17(8-12)24-19(27)14-9-18(26)25(11-14)16-5-3-4-15(10-16)20(21,22)23/h3-8,10,14H,9,11H2,1-2H3,(H,24,27)/t14-/m1/s1. The molecule has 0 bridgehead atoms. The van der Waals surface area contributed by atoms with Crippen molar-refractivity contribution in [1.82, 2.24) is 0 Å². The van der Waals surface area contributed by atoms with E-state index in [0.29, 0.717) is 5.69 Å². The Morgan fingerprint density at radius 2 is 1.89 bits per heavy atom. The zero-order valence-corrected chi connectivity index (χ0v) is 14.9. The van der Waals surface area contributed by atoms with Crippen molar-refractivity contribution in [2.24, 2.45) is 5.92 Å². The minimum absolute atomic E-state index is 0.0348. The fourth-order valence-electron chi connectivity index (χ4n) is 3.09. The molecule has 1 aliphatic heterocycles. The number of benzene rings is 2. The normalized spacial score (nSPS) is 17.3. The van der Waals surface area contributed by atoms with Crippen molar-refractivity contribution in [3.63, 3.8) is 0 Å². The van der Waals surface area contributed by atoms with Gasteiger partial charge in [0.2, 0.25) is 11.8 Å². The van der Waals surface area contributed by atoms with Gasteiger partial charge in [0.05, 0.1) is 11.5 Å². The number of amides is 2. The molecule has 0 aliphatic carbocycles. The summed E-state index contributed by atoms with van der Waals surface area (Å²) in [4.78, 5) is 26.1. The molecule has 2 aromatic rings. The molecular weight excluding hydrogens is 357 g/mol. The number of hydrogen-bond donors (Lipinski definition) is 1. The predicted octanol–water partition coefficient (Wildman–Crippen LogP) is 4.31. The number of hydrogen-bond acceptors (Lipinski definition) is 2. The number of nitrogens with one attached hydrogen (secondary N) is 1. The van der Waals surface area contributed by atoms with Gasteiger partial charge in [0.25, 0.3) is 0 Å². The van der Waals surface area contributed by atoms with Gasteiger partial charge in [0.15, 0.2) is 0 Å². The molecule has 0 saturated carbocycles. The molecule has 0 radical (unpaired) electrons. The third-order valence-electron chi connectivity index (χ3n) is 4.63. The van der Waals surface area contributed by atoms with Crippen LogP contribution in [0.3, 0.4) is 0 Å². The van der Waals surface area contributed by atoms with E-state index in [2.05, 4.69) is 5.32 Å². The number of alkyl halides is 3. The Hall–Kier alpha value is -2.83. The summed E-state index contributed by atoms with van der Waals surface area (Å²) in [5.41, 5.74) is 1.88. The first-order valence-corrected chi connectivity index (χ1v) is 8.51. The maximum absolute atomic E-state index is 12.9. The van der Waals surface area contributed by atoms with Gasteiger partial charge in [-0.3, -0.25) is 9.59 Å². The van der Waals surface area contributed by atoms with E-state index in [-0.39, 0.29) is 30.5 Å². The van der Waals surface area contributed by atoms with Crippen LogP contribution in [0.1, 0.15) is 23.1 Å². The lowest BCUT2D eigenvalue weighted by atomic mass is 10.1. The smallest absolute Gasteiger partial charge is 0.326 e. The van der Waals surface area contributed by atoms with Crippen molar-refractivity contribution in [2.45, 2.75) is 26.4 Å². The molecular formula is C20H19F3N2O2. The highest BCUT2D eigenvalue weighted by Gasteiger charge is 2.37. The maximum Gasteiger partial charge on any atom is 0.416 e. The Kier molecular flexibility index (Phi) is 4.95. The van der Waals surface area contributed by atoms with Gasteiger partial charge >= 0.3 is 6.18 Å². The zero-order chi connectivity index (χ0) is 19.8. The first-order valence-electron chi connectivity index (χ1n) is 8.51. The first-order chi connectivity index (χ1) is 12.6. The second-order valence-corrected chi connectivity index (χ2v) is 6.76. The summed E-state index contributed by atoms with van der Waals surface area (Å²) in [6.07, 6.45) is -4.52. The van der Waals surface area contributed by atoms with E-state index in [1.807, 2.05) is 32.0 Å². The van der Waals surface area contributed by atoms with Crippen molar-refractivity contribution in [2.75, 3.05) is 16.8 Å². The Bertz CT molecular complexity index is 893. The number of anilines is 2. The van der Waals surface area contributed by atoms with E-state index in [9.17, 15) is 22.8 Å². The monoisotopic (exact) mass is 376 g/mol. The first kappa shape index (κ1) is 18.9. The maximum atomic E-state index is 12.9. The number of halogens is 3. The third kappa shape index (κ3) is 4.13. The molecule has 1 fully saturated rings. The van der Waals surface area contributed by atoms with Gasteiger partial charge in [0.1, 0.15) is 0 Å². The minimum Gasteiger partial charge on any atom is -0.326 e. The molecule has 0 aromatic heterocycles. The summed E-state index contributed by atoms with van der Waals surface area (Å²) < 4.78 is 38.7. The van der Waals surface area contributed by atoms with Gasteiger partial charge in [-0.25, -0.2) is 0 Å². The van der Waals surface area contributed by atoms with Crippen LogP contribution in [0.25, 0.3) is 0 Å². The fraction of sp³-hybridized carbons (Fsp3) is 0.300. The molecule has 7 heteroatoms. The molecule has 1 N–H and O–H groups in total. The predicted molar refractivity (Wildman–Crippen MR) is 96.4 cm³/mol. The van der Waals surface area contributed by atoms with E-state index in [0.717, 1.165) is 23.3 Å². The molecule has 1 aliphatic rings. The lowest BCUT2D eigenvalue weighted by Crippen LogP contribution is -2.28. The number of carbonyl (C=O) groups is 2. The third-order valence-corrected chi connectivity index (χ3v) is 4.63. The molecule has 2 amide bonds. The lowest BCUT2D eigenvalue weighted by Gasteiger charge is -2.18. The molecule has 0 unspecified atom stereocenters. The van der Waals surface area contributed by atoms with Crippen molar-refractivity contribution < 1.29 is 22.8 Å². The average molecular weight is 376 g/mol. The molecule has 1 atom stereocenters. The molecule has 3 rings (SSSR count). The summed E-state index contributed by atoms with van der Waals surface area (Å²) >= 11 is 0. The van der Waals surface area contributed by atoms with E-state index in [4.69, 9.17) is 0 Å². The summed E-state index contributed by atoms with van der Waals surface area (Å²) in [6.45, 7) is 3.82. The molecule has 4 nitrogen and oxygen atoms in total. The van der Waals surface area contributed by atoms with Gasteiger partial charge in [-0.05, 0) is 49.2 Å². The SMILES string of the molecule is Cc1ccc(C)c(NC(=O)[C@@H]2CC(=O)N(c3cccc(C(F)(F)F)c3)C2)c1. The van der Waals surface area contributed by atoms with E-state index in [1.165, 1.54) is 17.0 Å². The largest absolute Gasteiger partial charge is 0.416 e. The van der Waals surface area contributed by atoms with Crippen molar-refractivity contribution in [3.05, 3.63) is 59.2 Å². The van der Waals surface area contributed by atoms with Crippen LogP contribution < -0.4 is 10.2 Å². The van der Waals surface area contributed by atoms with Crippen molar-refractivity contribution >= 4 is 23.2 Å². The lowest BCUT2D eigenvalue weighted by molar-refractivity contribution is -0.137. The summed E-state index contributed by atoms with van der Waals surface area (Å²) in [5, 5.41) is 2.82. The van der Waals surface area contributed by atoms with E-state index >= 15 is 0 Å². The topological polar surface area (TPSA) is 49.4 Å². The van der Waals surface area contributed by atoms with Crippen LogP contribution >= 0.6 is 0 Å². The number of carbonyl (C=O) groups excluding carboxylic acids is 2. The number of nitrogens with zero attached hydrogens (tertiary/aromatic N) is 1. The molecule has 0 spiro atoms. The van der Waals surface area contributed by atoms with Gasteiger partial charge in [-0.15, -0.1) is 0 Å². The van der Waals surface area contributed by atoms with Gasteiger partial charge in [-0.2, -0.15) is 13.2 Å². The Balaban J connectivity index is 1.75. The van der Waals surface area contributed by atoms with Gasteiger partial charge < -0.3 is 10.2 Å². The number of aryl methyl sites for hydroxylation is 2.